The summed E-state index contributed by atoms with van der Waals surface area (Å²) in [6, 6.07) is 38.0. The first-order valence-electron chi connectivity index (χ1n) is 20.5. The van der Waals surface area contributed by atoms with Gasteiger partial charge in [-0.3, -0.25) is 4.79 Å². The largest absolute Gasteiger partial charge is 0.493 e. The number of benzene rings is 5. The van der Waals surface area contributed by atoms with E-state index in [0.29, 0.717) is 35.4 Å². The molecule has 1 atom stereocenters. The number of hydrogen-bond acceptors (Lipinski definition) is 7. The molecule has 8 rings (SSSR count). The number of fused-ring (bicyclic) bond motifs is 2. The first-order chi connectivity index (χ1) is 28.3. The standard InChI is InChI=1S/C27H27ClN2O3.C15H15NO.C3H8.C2H4O.C2H6/c1-29-13-12-19(17-29)18-33-24-9-7-23(8-10-24)30-14-15-32-26-16-21(4-11-25(26)27(30)31)20-2-5-22(28)6-3-20;1-2-4-12(5-3-1)13-6-7-14-11-16-8-9-17-15(14)10-13;1-3-2;1-2-3;1-2/h2-11,16,19H,12-15,17-18H2,1H3;1-7,10,16H,8-9,11H2;3H2,1-2H3;2H,1H3;1-2H3. The third-order valence-corrected chi connectivity index (χ3v) is 9.61. The summed E-state index contributed by atoms with van der Waals surface area (Å²) < 4.78 is 17.7. The smallest absolute Gasteiger partial charge is 0.262 e. The lowest BCUT2D eigenvalue weighted by Crippen LogP contribution is -2.32. The molecule has 5 aromatic carbocycles. The molecule has 58 heavy (non-hydrogen) atoms. The fourth-order valence-corrected chi connectivity index (χ4v) is 6.71. The predicted octanol–water partition coefficient (Wildman–Crippen LogP) is 10.9. The van der Waals surface area contributed by atoms with E-state index in [1.54, 1.807) is 4.90 Å². The number of nitrogens with zero attached hydrogens (tertiary/aromatic N) is 2. The molecule has 3 heterocycles. The number of carbonyl (C=O) groups is 2. The quantitative estimate of drug-likeness (QED) is 0.171. The predicted molar refractivity (Wildman–Crippen MR) is 240 cm³/mol. The molecule has 0 aliphatic carbocycles. The van der Waals surface area contributed by atoms with Crippen LogP contribution in [0.5, 0.6) is 17.2 Å². The highest BCUT2D eigenvalue weighted by atomic mass is 35.5. The van der Waals surface area contributed by atoms with Crippen LogP contribution in [-0.4, -0.2) is 70.1 Å². The van der Waals surface area contributed by atoms with Crippen molar-refractivity contribution >= 4 is 29.5 Å². The van der Waals surface area contributed by atoms with Gasteiger partial charge in [-0.15, -0.1) is 0 Å². The highest BCUT2D eigenvalue weighted by molar-refractivity contribution is 6.30. The highest BCUT2D eigenvalue weighted by Crippen LogP contribution is 2.33. The topological polar surface area (TPSA) is 80.3 Å². The normalized spacial score (nSPS) is 15.5. The Bertz CT molecular complexity index is 1970. The Morgan fingerprint density at radius 1 is 0.793 bits per heavy atom. The summed E-state index contributed by atoms with van der Waals surface area (Å²) in [5.41, 5.74) is 7.10. The summed E-state index contributed by atoms with van der Waals surface area (Å²) in [5, 5.41) is 4.03. The molecule has 8 nitrogen and oxygen atoms in total. The Kier molecular flexibility index (Phi) is 19.3. The molecule has 1 saturated heterocycles. The maximum absolute atomic E-state index is 13.3. The second-order valence-corrected chi connectivity index (χ2v) is 14.3. The minimum atomic E-state index is -0.0622. The fourth-order valence-electron chi connectivity index (χ4n) is 6.58. The molecule has 1 amide bonds. The molecule has 9 heteroatoms. The Balaban J connectivity index is 0.000000248. The number of likely N-dealkylation sites (tertiary alicyclic amines) is 1. The number of nitrogens with one attached hydrogen (secondary N) is 1. The zero-order valence-electron chi connectivity index (χ0n) is 35.0. The van der Waals surface area contributed by atoms with E-state index in [-0.39, 0.29) is 5.91 Å². The fraction of sp³-hybridized carbons (Fsp3) is 0.347. The third-order valence-electron chi connectivity index (χ3n) is 9.36. The summed E-state index contributed by atoms with van der Waals surface area (Å²) >= 11 is 6.01. The number of ether oxygens (including phenoxy) is 3. The van der Waals surface area contributed by atoms with E-state index in [2.05, 4.69) is 73.6 Å². The van der Waals surface area contributed by atoms with Gasteiger partial charge in [-0.05, 0) is 104 Å². The van der Waals surface area contributed by atoms with Crippen molar-refractivity contribution < 1.29 is 23.8 Å². The van der Waals surface area contributed by atoms with Gasteiger partial charge in [-0.2, -0.15) is 0 Å². The second-order valence-electron chi connectivity index (χ2n) is 13.9. The van der Waals surface area contributed by atoms with Gasteiger partial charge in [0.2, 0.25) is 0 Å². The van der Waals surface area contributed by atoms with E-state index in [9.17, 15) is 4.79 Å². The SMILES string of the molecule is CC.CC=O.CCC.CN1CCC(COc2ccc(N3CCOc4cc(-c5ccc(Cl)cc5)ccc4C3=O)cc2)C1.c1ccc(-c2ccc3c(c2)OCCNC3)cc1. The average molecular weight is 806 g/mol. The van der Waals surface area contributed by atoms with E-state index in [1.165, 1.54) is 36.5 Å². The lowest BCUT2D eigenvalue weighted by Gasteiger charge is -2.20. The van der Waals surface area contributed by atoms with E-state index >= 15 is 0 Å². The zero-order valence-corrected chi connectivity index (χ0v) is 35.8. The van der Waals surface area contributed by atoms with Crippen molar-refractivity contribution in [3.8, 4) is 39.5 Å². The van der Waals surface area contributed by atoms with E-state index in [1.807, 2.05) is 86.6 Å². The van der Waals surface area contributed by atoms with Gasteiger partial charge in [-0.1, -0.05) is 106 Å². The minimum Gasteiger partial charge on any atom is -0.493 e. The number of aldehydes is 1. The van der Waals surface area contributed by atoms with Gasteiger partial charge in [0.1, 0.15) is 36.7 Å². The van der Waals surface area contributed by atoms with Gasteiger partial charge in [0.05, 0.1) is 18.7 Å². The van der Waals surface area contributed by atoms with Crippen molar-refractivity contribution in [1.29, 1.82) is 0 Å². The van der Waals surface area contributed by atoms with Crippen molar-refractivity contribution in [3.63, 3.8) is 0 Å². The van der Waals surface area contributed by atoms with Gasteiger partial charge in [-0.25, -0.2) is 0 Å². The molecule has 0 saturated carbocycles. The van der Waals surface area contributed by atoms with Gasteiger partial charge in [0.15, 0.2) is 0 Å². The molecule has 3 aliphatic rings. The number of rotatable bonds is 6. The van der Waals surface area contributed by atoms with Crippen LogP contribution in [0.25, 0.3) is 22.3 Å². The lowest BCUT2D eigenvalue weighted by atomic mass is 10.0. The molecule has 1 N–H and O–H groups in total. The molecule has 5 aromatic rings. The molecular formula is C49H60ClN3O5. The monoisotopic (exact) mass is 805 g/mol. The summed E-state index contributed by atoms with van der Waals surface area (Å²) in [6.45, 7) is 16.1. The first kappa shape index (κ1) is 45.6. The van der Waals surface area contributed by atoms with Crippen molar-refractivity contribution in [2.45, 2.75) is 54.0 Å². The molecule has 0 aromatic heterocycles. The Hall–Kier alpha value is -5.15. The molecule has 0 radical (unpaired) electrons. The number of carbonyl (C=O) groups excluding carboxylic acids is 2. The van der Waals surface area contributed by atoms with Crippen LogP contribution in [0.4, 0.5) is 5.69 Å². The van der Waals surface area contributed by atoms with E-state index in [4.69, 9.17) is 30.6 Å². The Labute approximate surface area is 351 Å². The van der Waals surface area contributed by atoms with Gasteiger partial charge in [0, 0.05) is 41.8 Å². The number of amides is 1. The molecule has 0 spiro atoms. The third kappa shape index (κ3) is 13.5. The van der Waals surface area contributed by atoms with Crippen molar-refractivity contribution in [3.05, 3.63) is 131 Å². The van der Waals surface area contributed by atoms with Crippen LogP contribution in [0.2, 0.25) is 5.02 Å². The van der Waals surface area contributed by atoms with E-state index < -0.39 is 0 Å². The zero-order chi connectivity index (χ0) is 41.7. The van der Waals surface area contributed by atoms with Crippen LogP contribution in [0.15, 0.2) is 115 Å². The van der Waals surface area contributed by atoms with E-state index in [0.717, 1.165) is 74.0 Å². The molecule has 0 bridgehead atoms. The number of halogens is 1. The minimum absolute atomic E-state index is 0.0622. The summed E-state index contributed by atoms with van der Waals surface area (Å²) in [7, 11) is 2.15. The second kappa shape index (κ2) is 24.6. The molecule has 3 aliphatic heterocycles. The first-order valence-corrected chi connectivity index (χ1v) is 20.9. The Morgan fingerprint density at radius 3 is 2.05 bits per heavy atom. The summed E-state index contributed by atoms with van der Waals surface area (Å²) in [5.74, 6) is 2.97. The van der Waals surface area contributed by atoms with Crippen LogP contribution in [0, 0.1) is 5.92 Å². The van der Waals surface area contributed by atoms with Crippen LogP contribution >= 0.6 is 11.6 Å². The summed E-state index contributed by atoms with van der Waals surface area (Å²) in [4.78, 5) is 26.2. The summed E-state index contributed by atoms with van der Waals surface area (Å²) in [6.07, 6.45) is 3.18. The van der Waals surface area contributed by atoms with Gasteiger partial charge < -0.3 is 34.1 Å². The molecular weight excluding hydrogens is 746 g/mol. The van der Waals surface area contributed by atoms with Gasteiger partial charge in [0.25, 0.3) is 5.91 Å². The molecule has 1 unspecified atom stereocenters. The average Bonchev–Trinajstić information content (AvgIpc) is 3.43. The maximum atomic E-state index is 13.3. The maximum Gasteiger partial charge on any atom is 0.262 e. The van der Waals surface area contributed by atoms with Crippen LogP contribution in [0.3, 0.4) is 0 Å². The lowest BCUT2D eigenvalue weighted by molar-refractivity contribution is -0.106. The van der Waals surface area contributed by atoms with Crippen LogP contribution in [0.1, 0.15) is 63.4 Å². The van der Waals surface area contributed by atoms with Crippen molar-refractivity contribution in [1.82, 2.24) is 10.2 Å². The number of hydrogen-bond donors (Lipinski definition) is 1. The van der Waals surface area contributed by atoms with Crippen molar-refractivity contribution in [2.75, 3.05) is 57.9 Å². The highest BCUT2D eigenvalue weighted by Gasteiger charge is 2.25. The van der Waals surface area contributed by atoms with Crippen molar-refractivity contribution in [2.24, 2.45) is 5.92 Å². The molecule has 308 valence electrons. The Morgan fingerprint density at radius 2 is 1.40 bits per heavy atom. The van der Waals surface area contributed by atoms with Gasteiger partial charge >= 0.3 is 0 Å². The number of anilines is 1. The van der Waals surface area contributed by atoms with Crippen LogP contribution < -0.4 is 24.4 Å². The molecule has 1 fully saturated rings. The van der Waals surface area contributed by atoms with Crippen LogP contribution in [-0.2, 0) is 11.3 Å².